The van der Waals surface area contributed by atoms with Gasteiger partial charge in [0.05, 0.1) is 0 Å². The number of likely N-dealkylation sites (N-methyl/N-ethyl adjacent to an activating group) is 1. The van der Waals surface area contributed by atoms with Gasteiger partial charge in [0.1, 0.15) is 0 Å². The summed E-state index contributed by atoms with van der Waals surface area (Å²) in [7, 11) is 0. The van der Waals surface area contributed by atoms with Crippen LogP contribution in [-0.2, 0) is 0 Å². The highest BCUT2D eigenvalue weighted by atomic mass is 15.3. The molecule has 0 bridgehead atoms. The fraction of sp³-hybridized carbons (Fsp3) is 1.00. The van der Waals surface area contributed by atoms with Gasteiger partial charge in [0.15, 0.2) is 0 Å². The van der Waals surface area contributed by atoms with Gasteiger partial charge in [-0.15, -0.1) is 0 Å². The van der Waals surface area contributed by atoms with E-state index in [0.29, 0.717) is 12.1 Å². The van der Waals surface area contributed by atoms with E-state index in [9.17, 15) is 0 Å². The fourth-order valence-corrected chi connectivity index (χ4v) is 2.78. The van der Waals surface area contributed by atoms with Gasteiger partial charge < -0.3 is 5.32 Å². The molecule has 3 nitrogen and oxygen atoms in total. The average Bonchev–Trinajstić information content (AvgIpc) is 2.28. The standard InChI is InChI=1S/C15H33N3/c1-7-14(11-16-15(4,5)6)18-10-9-17(8-2)13(3)12-18/h13-14,16H,7-12H2,1-6H3. The molecule has 18 heavy (non-hydrogen) atoms. The van der Waals surface area contributed by atoms with Gasteiger partial charge in [-0.25, -0.2) is 0 Å². The Morgan fingerprint density at radius 3 is 2.33 bits per heavy atom. The van der Waals surface area contributed by atoms with Crippen molar-refractivity contribution < 1.29 is 0 Å². The topological polar surface area (TPSA) is 18.5 Å². The zero-order valence-electron chi connectivity index (χ0n) is 13.3. The lowest BCUT2D eigenvalue weighted by Gasteiger charge is -2.43. The maximum atomic E-state index is 3.65. The van der Waals surface area contributed by atoms with Crippen LogP contribution in [0.3, 0.4) is 0 Å². The van der Waals surface area contributed by atoms with Crippen molar-refractivity contribution in [2.24, 2.45) is 0 Å². The lowest BCUT2D eigenvalue weighted by Crippen LogP contribution is -2.57. The molecule has 1 fully saturated rings. The van der Waals surface area contributed by atoms with E-state index in [-0.39, 0.29) is 5.54 Å². The molecule has 0 aliphatic carbocycles. The number of nitrogens with one attached hydrogen (secondary N) is 1. The molecule has 3 heteroatoms. The second kappa shape index (κ2) is 6.88. The highest BCUT2D eigenvalue weighted by molar-refractivity contribution is 4.85. The first-order chi connectivity index (χ1) is 8.37. The van der Waals surface area contributed by atoms with Crippen LogP contribution in [0, 0.1) is 0 Å². The minimum Gasteiger partial charge on any atom is -0.311 e. The Balaban J connectivity index is 2.46. The molecule has 1 heterocycles. The predicted molar refractivity (Wildman–Crippen MR) is 80.1 cm³/mol. The van der Waals surface area contributed by atoms with Crippen LogP contribution in [-0.4, -0.2) is 60.1 Å². The zero-order chi connectivity index (χ0) is 13.8. The molecule has 2 atom stereocenters. The van der Waals surface area contributed by atoms with E-state index in [1.807, 2.05) is 0 Å². The Morgan fingerprint density at radius 2 is 1.89 bits per heavy atom. The van der Waals surface area contributed by atoms with Gasteiger partial charge in [-0.2, -0.15) is 0 Å². The lowest BCUT2D eigenvalue weighted by molar-refractivity contribution is 0.0552. The molecule has 0 radical (unpaired) electrons. The monoisotopic (exact) mass is 255 g/mol. The van der Waals surface area contributed by atoms with Gasteiger partial charge in [-0.1, -0.05) is 13.8 Å². The second-order valence-electron chi connectivity index (χ2n) is 6.67. The second-order valence-corrected chi connectivity index (χ2v) is 6.67. The normalized spacial score (nSPS) is 25.3. The third kappa shape index (κ3) is 4.87. The Labute approximate surface area is 114 Å². The van der Waals surface area contributed by atoms with Crippen molar-refractivity contribution in [3.8, 4) is 0 Å². The minimum atomic E-state index is 0.226. The summed E-state index contributed by atoms with van der Waals surface area (Å²) in [6.45, 7) is 19.7. The fourth-order valence-electron chi connectivity index (χ4n) is 2.78. The van der Waals surface area contributed by atoms with Crippen molar-refractivity contribution >= 4 is 0 Å². The summed E-state index contributed by atoms with van der Waals surface area (Å²) in [6, 6.07) is 1.39. The van der Waals surface area contributed by atoms with Crippen molar-refractivity contribution in [1.82, 2.24) is 15.1 Å². The average molecular weight is 255 g/mol. The van der Waals surface area contributed by atoms with Crippen molar-refractivity contribution in [1.29, 1.82) is 0 Å². The molecule has 1 aliphatic rings. The number of hydrogen-bond acceptors (Lipinski definition) is 3. The largest absolute Gasteiger partial charge is 0.311 e. The molecule has 1 aliphatic heterocycles. The van der Waals surface area contributed by atoms with Crippen LogP contribution in [0.5, 0.6) is 0 Å². The summed E-state index contributed by atoms with van der Waals surface area (Å²) >= 11 is 0. The molecular weight excluding hydrogens is 222 g/mol. The van der Waals surface area contributed by atoms with Gasteiger partial charge in [-0.3, -0.25) is 9.80 Å². The van der Waals surface area contributed by atoms with E-state index in [0.717, 1.165) is 6.54 Å². The Hall–Kier alpha value is -0.120. The van der Waals surface area contributed by atoms with E-state index in [1.165, 1.54) is 32.6 Å². The van der Waals surface area contributed by atoms with Crippen LogP contribution in [0.25, 0.3) is 0 Å². The summed E-state index contributed by atoms with van der Waals surface area (Å²) in [5, 5.41) is 3.65. The summed E-state index contributed by atoms with van der Waals surface area (Å²) in [4.78, 5) is 5.26. The van der Waals surface area contributed by atoms with Gasteiger partial charge in [0.2, 0.25) is 0 Å². The maximum Gasteiger partial charge on any atom is 0.0219 e. The van der Waals surface area contributed by atoms with Crippen molar-refractivity contribution in [2.75, 3.05) is 32.7 Å². The third-order valence-electron chi connectivity index (χ3n) is 4.06. The molecule has 1 saturated heterocycles. The third-order valence-corrected chi connectivity index (χ3v) is 4.06. The molecule has 0 spiro atoms. The maximum absolute atomic E-state index is 3.65. The van der Waals surface area contributed by atoms with Gasteiger partial charge in [-0.05, 0) is 40.7 Å². The van der Waals surface area contributed by atoms with E-state index in [2.05, 4.69) is 56.7 Å². The molecule has 2 unspecified atom stereocenters. The molecule has 1 rings (SSSR count). The first-order valence-corrected chi connectivity index (χ1v) is 7.60. The summed E-state index contributed by atoms with van der Waals surface area (Å²) in [6.07, 6.45) is 1.24. The lowest BCUT2D eigenvalue weighted by atomic mass is 10.1. The summed E-state index contributed by atoms with van der Waals surface area (Å²) in [5.41, 5.74) is 0.226. The summed E-state index contributed by atoms with van der Waals surface area (Å²) in [5.74, 6) is 0. The van der Waals surface area contributed by atoms with Crippen molar-refractivity contribution in [3.63, 3.8) is 0 Å². The highest BCUT2D eigenvalue weighted by Gasteiger charge is 2.27. The van der Waals surface area contributed by atoms with Crippen LogP contribution < -0.4 is 5.32 Å². The molecule has 108 valence electrons. The van der Waals surface area contributed by atoms with Crippen molar-refractivity contribution in [3.05, 3.63) is 0 Å². The van der Waals surface area contributed by atoms with Gasteiger partial charge in [0.25, 0.3) is 0 Å². The van der Waals surface area contributed by atoms with Crippen LogP contribution in [0.15, 0.2) is 0 Å². The van der Waals surface area contributed by atoms with E-state index in [4.69, 9.17) is 0 Å². The van der Waals surface area contributed by atoms with E-state index in [1.54, 1.807) is 0 Å². The zero-order valence-corrected chi connectivity index (χ0v) is 13.3. The Bertz CT molecular complexity index is 234. The van der Waals surface area contributed by atoms with E-state index >= 15 is 0 Å². The molecule has 1 N–H and O–H groups in total. The Morgan fingerprint density at radius 1 is 1.22 bits per heavy atom. The number of nitrogens with zero attached hydrogens (tertiary/aromatic N) is 2. The van der Waals surface area contributed by atoms with Gasteiger partial charge >= 0.3 is 0 Å². The van der Waals surface area contributed by atoms with Crippen LogP contribution >= 0.6 is 0 Å². The molecule has 0 saturated carbocycles. The quantitative estimate of drug-likeness (QED) is 0.812. The van der Waals surface area contributed by atoms with Gasteiger partial charge in [0, 0.05) is 43.8 Å². The van der Waals surface area contributed by atoms with Crippen LogP contribution in [0.2, 0.25) is 0 Å². The SMILES string of the molecule is CCC(CNC(C)(C)C)N1CCN(CC)C(C)C1. The van der Waals surface area contributed by atoms with E-state index < -0.39 is 0 Å². The van der Waals surface area contributed by atoms with Crippen LogP contribution in [0.1, 0.15) is 48.0 Å². The smallest absolute Gasteiger partial charge is 0.0219 e. The number of piperazine rings is 1. The Kier molecular flexibility index (Phi) is 6.09. The number of hydrogen-bond donors (Lipinski definition) is 1. The predicted octanol–water partition coefficient (Wildman–Crippen LogP) is 2.18. The molecular formula is C15H33N3. The number of rotatable bonds is 5. The molecule has 0 aromatic carbocycles. The molecule has 0 amide bonds. The molecule has 0 aromatic heterocycles. The van der Waals surface area contributed by atoms with Crippen LogP contribution in [0.4, 0.5) is 0 Å². The first-order valence-electron chi connectivity index (χ1n) is 7.60. The van der Waals surface area contributed by atoms with Crippen molar-refractivity contribution in [2.45, 2.75) is 65.6 Å². The minimum absolute atomic E-state index is 0.226. The molecule has 0 aromatic rings. The first kappa shape index (κ1) is 15.9. The highest BCUT2D eigenvalue weighted by Crippen LogP contribution is 2.14. The summed E-state index contributed by atoms with van der Waals surface area (Å²) < 4.78 is 0.